The van der Waals surface area contributed by atoms with E-state index >= 15 is 0 Å². The van der Waals surface area contributed by atoms with Gasteiger partial charge in [-0.2, -0.15) is 0 Å². The number of benzene rings is 2. The molecule has 4 rings (SSSR count). The summed E-state index contributed by atoms with van der Waals surface area (Å²) in [6.07, 6.45) is 2.49. The Balaban J connectivity index is 1.28. The predicted octanol–water partition coefficient (Wildman–Crippen LogP) is 3.55. The van der Waals surface area contributed by atoms with Crippen molar-refractivity contribution in [1.82, 2.24) is 15.1 Å². The minimum absolute atomic E-state index is 0.174. The van der Waals surface area contributed by atoms with Crippen molar-refractivity contribution in [3.8, 4) is 0 Å². The molecule has 2 atom stereocenters. The zero-order chi connectivity index (χ0) is 20.6. The van der Waals surface area contributed by atoms with Gasteiger partial charge in [-0.3, -0.25) is 9.89 Å². The molecule has 2 aliphatic rings. The molecule has 2 saturated heterocycles. The van der Waals surface area contributed by atoms with Gasteiger partial charge in [0.15, 0.2) is 5.96 Å². The van der Waals surface area contributed by atoms with Crippen LogP contribution in [0.1, 0.15) is 30.1 Å². The fraction of sp³-hybridized carbons (Fsp3) is 0.480. The summed E-state index contributed by atoms with van der Waals surface area (Å²) in [5.41, 5.74) is 2.67. The van der Waals surface area contributed by atoms with E-state index in [1.807, 2.05) is 7.05 Å². The zero-order valence-electron chi connectivity index (χ0n) is 18.0. The number of aliphatic imine (C=N–C) groups is 1. The van der Waals surface area contributed by atoms with E-state index in [9.17, 15) is 0 Å². The van der Waals surface area contributed by atoms with E-state index < -0.39 is 0 Å². The number of piperazine rings is 1. The van der Waals surface area contributed by atoms with Gasteiger partial charge in [0.2, 0.25) is 0 Å². The summed E-state index contributed by atoms with van der Waals surface area (Å²) in [7, 11) is 1.89. The first-order valence-corrected chi connectivity index (χ1v) is 11.2. The molecular formula is C25H34N4O. The number of hydrogen-bond donors (Lipinski definition) is 1. The minimum atomic E-state index is 0.174. The molecule has 2 heterocycles. The zero-order valence-corrected chi connectivity index (χ0v) is 18.0. The highest BCUT2D eigenvalue weighted by Crippen LogP contribution is 2.33. The number of ether oxygens (including phenoxy) is 1. The number of nitrogens with zero attached hydrogens (tertiary/aromatic N) is 3. The average molecular weight is 407 g/mol. The van der Waals surface area contributed by atoms with Crippen LogP contribution in [0.5, 0.6) is 0 Å². The molecule has 0 bridgehead atoms. The van der Waals surface area contributed by atoms with Crippen molar-refractivity contribution in [2.45, 2.75) is 25.5 Å². The van der Waals surface area contributed by atoms with E-state index in [1.54, 1.807) is 0 Å². The molecule has 2 aromatic rings. The van der Waals surface area contributed by atoms with Gasteiger partial charge in [0.1, 0.15) is 0 Å². The highest BCUT2D eigenvalue weighted by Gasteiger charge is 2.28. The summed E-state index contributed by atoms with van der Waals surface area (Å²) >= 11 is 0. The van der Waals surface area contributed by atoms with E-state index in [1.165, 1.54) is 17.5 Å². The van der Waals surface area contributed by atoms with Gasteiger partial charge in [-0.05, 0) is 24.0 Å². The summed E-state index contributed by atoms with van der Waals surface area (Å²) < 4.78 is 6.16. The highest BCUT2D eigenvalue weighted by molar-refractivity contribution is 5.80. The maximum absolute atomic E-state index is 6.16. The Labute approximate surface area is 180 Å². The van der Waals surface area contributed by atoms with Crippen LogP contribution in [0, 0.1) is 5.92 Å². The molecule has 5 nitrogen and oxygen atoms in total. The third-order valence-corrected chi connectivity index (χ3v) is 6.23. The van der Waals surface area contributed by atoms with Crippen molar-refractivity contribution in [2.24, 2.45) is 10.9 Å². The Kier molecular flexibility index (Phi) is 7.38. The second kappa shape index (κ2) is 10.6. The van der Waals surface area contributed by atoms with Gasteiger partial charge in [-0.15, -0.1) is 0 Å². The minimum Gasteiger partial charge on any atom is -0.373 e. The molecule has 2 fully saturated rings. The Morgan fingerprint density at radius 3 is 2.40 bits per heavy atom. The number of guanidine groups is 1. The molecule has 0 saturated carbocycles. The third-order valence-electron chi connectivity index (χ3n) is 6.23. The van der Waals surface area contributed by atoms with Gasteiger partial charge in [0.25, 0.3) is 0 Å². The maximum atomic E-state index is 6.16. The van der Waals surface area contributed by atoms with Crippen molar-refractivity contribution >= 4 is 5.96 Å². The largest absolute Gasteiger partial charge is 0.373 e. The van der Waals surface area contributed by atoms with Crippen LogP contribution in [-0.2, 0) is 11.3 Å². The van der Waals surface area contributed by atoms with Gasteiger partial charge in [-0.25, -0.2) is 0 Å². The van der Waals surface area contributed by atoms with Gasteiger partial charge in [0.05, 0.1) is 6.10 Å². The van der Waals surface area contributed by atoms with Gasteiger partial charge in [-0.1, -0.05) is 60.7 Å². The lowest BCUT2D eigenvalue weighted by atomic mass is 9.89. The van der Waals surface area contributed by atoms with Crippen LogP contribution < -0.4 is 5.32 Å². The van der Waals surface area contributed by atoms with Crippen LogP contribution in [-0.4, -0.2) is 62.1 Å². The fourth-order valence-electron chi connectivity index (χ4n) is 4.58. The van der Waals surface area contributed by atoms with Crippen LogP contribution in [0.3, 0.4) is 0 Å². The van der Waals surface area contributed by atoms with E-state index in [0.717, 1.165) is 58.3 Å². The van der Waals surface area contributed by atoms with Crippen molar-refractivity contribution < 1.29 is 4.74 Å². The lowest BCUT2D eigenvalue weighted by molar-refractivity contribution is -0.0267. The van der Waals surface area contributed by atoms with Crippen LogP contribution in [0.4, 0.5) is 0 Å². The van der Waals surface area contributed by atoms with E-state index in [0.29, 0.717) is 5.92 Å². The van der Waals surface area contributed by atoms with Gasteiger partial charge in [0, 0.05) is 58.8 Å². The van der Waals surface area contributed by atoms with Crippen LogP contribution >= 0.6 is 0 Å². The molecule has 0 amide bonds. The quantitative estimate of drug-likeness (QED) is 0.609. The van der Waals surface area contributed by atoms with E-state index in [-0.39, 0.29) is 6.10 Å². The van der Waals surface area contributed by atoms with Crippen LogP contribution in [0.25, 0.3) is 0 Å². The normalized spacial score (nSPS) is 23.4. The molecule has 0 aromatic heterocycles. The smallest absolute Gasteiger partial charge is 0.193 e. The molecule has 30 heavy (non-hydrogen) atoms. The first kappa shape index (κ1) is 20.9. The first-order valence-electron chi connectivity index (χ1n) is 11.2. The lowest BCUT2D eigenvalue weighted by Gasteiger charge is -2.38. The average Bonchev–Trinajstić information content (AvgIpc) is 2.82. The number of nitrogens with one attached hydrogen (secondary N) is 1. The van der Waals surface area contributed by atoms with Crippen molar-refractivity contribution in [3.63, 3.8) is 0 Å². The van der Waals surface area contributed by atoms with E-state index in [4.69, 9.17) is 4.74 Å². The molecule has 2 unspecified atom stereocenters. The number of hydrogen-bond acceptors (Lipinski definition) is 3. The van der Waals surface area contributed by atoms with Crippen molar-refractivity contribution in [3.05, 3.63) is 71.8 Å². The van der Waals surface area contributed by atoms with E-state index in [2.05, 4.69) is 80.8 Å². The standard InChI is InChI=1S/C25H34N4O/c1-26-25(29-16-14-28(15-17-29)20-21-9-4-2-5-10-21)27-19-23-13-8-18-30-24(23)22-11-6-3-7-12-22/h2-7,9-12,23-24H,8,13-20H2,1H3,(H,26,27). The Bertz CT molecular complexity index is 787. The Morgan fingerprint density at radius 2 is 1.70 bits per heavy atom. The fourth-order valence-corrected chi connectivity index (χ4v) is 4.58. The summed E-state index contributed by atoms with van der Waals surface area (Å²) in [5.74, 6) is 1.49. The highest BCUT2D eigenvalue weighted by atomic mass is 16.5. The summed E-state index contributed by atoms with van der Waals surface area (Å²) in [6, 6.07) is 21.4. The summed E-state index contributed by atoms with van der Waals surface area (Å²) in [5, 5.41) is 3.65. The topological polar surface area (TPSA) is 40.1 Å². The Hall–Kier alpha value is -2.37. The monoisotopic (exact) mass is 406 g/mol. The predicted molar refractivity (Wildman–Crippen MR) is 123 cm³/mol. The molecule has 160 valence electrons. The molecule has 2 aromatic carbocycles. The number of rotatable bonds is 5. The Morgan fingerprint density at radius 1 is 1.00 bits per heavy atom. The third kappa shape index (κ3) is 5.41. The van der Waals surface area contributed by atoms with Gasteiger partial charge >= 0.3 is 0 Å². The summed E-state index contributed by atoms with van der Waals surface area (Å²) in [6.45, 7) is 6.93. The lowest BCUT2D eigenvalue weighted by Crippen LogP contribution is -2.53. The molecule has 0 aliphatic carbocycles. The SMILES string of the molecule is CN=C(NCC1CCCOC1c1ccccc1)N1CCN(Cc2ccccc2)CC1. The molecule has 0 spiro atoms. The first-order chi connectivity index (χ1) is 14.8. The van der Waals surface area contributed by atoms with Gasteiger partial charge < -0.3 is 15.0 Å². The molecule has 0 radical (unpaired) electrons. The molecule has 1 N–H and O–H groups in total. The summed E-state index contributed by atoms with van der Waals surface area (Å²) in [4.78, 5) is 9.49. The van der Waals surface area contributed by atoms with Crippen molar-refractivity contribution in [2.75, 3.05) is 46.4 Å². The maximum Gasteiger partial charge on any atom is 0.193 e. The molecular weight excluding hydrogens is 372 g/mol. The second-order valence-corrected chi connectivity index (χ2v) is 8.28. The molecule has 2 aliphatic heterocycles. The van der Waals surface area contributed by atoms with Crippen LogP contribution in [0.15, 0.2) is 65.7 Å². The van der Waals surface area contributed by atoms with Crippen LogP contribution in [0.2, 0.25) is 0 Å². The van der Waals surface area contributed by atoms with Crippen molar-refractivity contribution in [1.29, 1.82) is 0 Å². The molecule has 5 heteroatoms. The second-order valence-electron chi connectivity index (χ2n) is 8.28.